The summed E-state index contributed by atoms with van der Waals surface area (Å²) in [6, 6.07) is 5.98. The zero-order chi connectivity index (χ0) is 14.9. The third-order valence-electron chi connectivity index (χ3n) is 3.85. The number of aromatic nitrogens is 1. The highest BCUT2D eigenvalue weighted by molar-refractivity contribution is 5.79. The van der Waals surface area contributed by atoms with Crippen molar-refractivity contribution < 1.29 is 18.7 Å². The Kier molecular flexibility index (Phi) is 3.47. The van der Waals surface area contributed by atoms with Gasteiger partial charge in [-0.15, -0.1) is 0 Å². The van der Waals surface area contributed by atoms with Crippen LogP contribution in [-0.2, 0) is 11.3 Å². The van der Waals surface area contributed by atoms with E-state index in [-0.39, 0.29) is 5.82 Å². The zero-order valence-corrected chi connectivity index (χ0v) is 11.3. The number of hydrogen-bond donors (Lipinski definition) is 2. The SMILES string of the molecule is O=C(O)C1(NCc2coc(-c3cccc(F)c3)n2)CCC1. The summed E-state index contributed by atoms with van der Waals surface area (Å²) >= 11 is 0. The van der Waals surface area contributed by atoms with Gasteiger partial charge in [-0.1, -0.05) is 6.07 Å². The van der Waals surface area contributed by atoms with Gasteiger partial charge in [0.15, 0.2) is 0 Å². The number of benzene rings is 1. The average Bonchev–Trinajstić information content (AvgIpc) is 2.86. The van der Waals surface area contributed by atoms with Gasteiger partial charge in [0, 0.05) is 12.1 Å². The quantitative estimate of drug-likeness (QED) is 0.885. The monoisotopic (exact) mass is 290 g/mol. The predicted molar refractivity (Wildman–Crippen MR) is 73.0 cm³/mol. The molecule has 1 aromatic carbocycles. The van der Waals surface area contributed by atoms with E-state index in [2.05, 4.69) is 10.3 Å². The van der Waals surface area contributed by atoms with Crippen LogP contribution in [-0.4, -0.2) is 21.6 Å². The molecular formula is C15H15FN2O3. The molecule has 1 heterocycles. The highest BCUT2D eigenvalue weighted by Crippen LogP contribution is 2.32. The molecule has 6 heteroatoms. The number of oxazole rings is 1. The first-order valence-electron chi connectivity index (χ1n) is 6.78. The van der Waals surface area contributed by atoms with Crippen LogP contribution >= 0.6 is 0 Å². The van der Waals surface area contributed by atoms with Gasteiger partial charge < -0.3 is 9.52 Å². The fraction of sp³-hybridized carbons (Fsp3) is 0.333. The maximum Gasteiger partial charge on any atom is 0.323 e. The fourth-order valence-corrected chi connectivity index (χ4v) is 2.40. The Balaban J connectivity index is 1.70. The number of nitrogens with zero attached hydrogens (tertiary/aromatic N) is 1. The second kappa shape index (κ2) is 5.29. The van der Waals surface area contributed by atoms with Gasteiger partial charge in [0.2, 0.25) is 5.89 Å². The number of rotatable bonds is 5. The molecule has 1 aliphatic carbocycles. The van der Waals surface area contributed by atoms with Gasteiger partial charge in [0.25, 0.3) is 0 Å². The van der Waals surface area contributed by atoms with E-state index in [1.807, 2.05) is 0 Å². The average molecular weight is 290 g/mol. The van der Waals surface area contributed by atoms with Crippen molar-refractivity contribution in [2.45, 2.75) is 31.3 Å². The van der Waals surface area contributed by atoms with Crippen LogP contribution in [0.1, 0.15) is 25.0 Å². The molecule has 5 nitrogen and oxygen atoms in total. The van der Waals surface area contributed by atoms with Crippen LogP contribution in [0.5, 0.6) is 0 Å². The van der Waals surface area contributed by atoms with Crippen molar-refractivity contribution in [2.75, 3.05) is 0 Å². The first-order valence-corrected chi connectivity index (χ1v) is 6.78. The van der Waals surface area contributed by atoms with Crippen LogP contribution in [0.4, 0.5) is 4.39 Å². The molecule has 1 saturated carbocycles. The summed E-state index contributed by atoms with van der Waals surface area (Å²) in [7, 11) is 0. The Morgan fingerprint density at radius 1 is 1.48 bits per heavy atom. The normalized spacial score (nSPS) is 16.4. The standard InChI is InChI=1S/C15H15FN2O3/c16-11-4-1-3-10(7-11)13-18-12(9-21-13)8-17-15(14(19)20)5-2-6-15/h1,3-4,7,9,17H,2,5-6,8H2,(H,19,20). The third kappa shape index (κ3) is 2.67. The number of nitrogens with one attached hydrogen (secondary N) is 1. The first-order chi connectivity index (χ1) is 10.1. The van der Waals surface area contributed by atoms with E-state index in [0.29, 0.717) is 36.5 Å². The summed E-state index contributed by atoms with van der Waals surface area (Å²) in [6.07, 6.45) is 3.61. The van der Waals surface area contributed by atoms with Crippen molar-refractivity contribution >= 4 is 5.97 Å². The summed E-state index contributed by atoms with van der Waals surface area (Å²) in [5.41, 5.74) is 0.317. The van der Waals surface area contributed by atoms with E-state index < -0.39 is 11.5 Å². The Morgan fingerprint density at radius 3 is 2.90 bits per heavy atom. The van der Waals surface area contributed by atoms with Crippen molar-refractivity contribution in [1.29, 1.82) is 0 Å². The maximum absolute atomic E-state index is 13.2. The zero-order valence-electron chi connectivity index (χ0n) is 11.3. The molecule has 0 saturated heterocycles. The molecule has 2 N–H and O–H groups in total. The summed E-state index contributed by atoms with van der Waals surface area (Å²) in [6.45, 7) is 0.311. The third-order valence-corrected chi connectivity index (χ3v) is 3.85. The van der Waals surface area contributed by atoms with Gasteiger partial charge in [0.05, 0.1) is 5.69 Å². The van der Waals surface area contributed by atoms with Gasteiger partial charge in [0.1, 0.15) is 17.6 Å². The second-order valence-corrected chi connectivity index (χ2v) is 5.25. The fourth-order valence-electron chi connectivity index (χ4n) is 2.40. The van der Waals surface area contributed by atoms with Crippen LogP contribution in [0.3, 0.4) is 0 Å². The smallest absolute Gasteiger partial charge is 0.323 e. The van der Waals surface area contributed by atoms with Crippen molar-refractivity contribution in [3.8, 4) is 11.5 Å². The van der Waals surface area contributed by atoms with E-state index >= 15 is 0 Å². The molecule has 1 fully saturated rings. The molecule has 0 unspecified atom stereocenters. The van der Waals surface area contributed by atoms with E-state index in [0.717, 1.165) is 6.42 Å². The molecule has 0 amide bonds. The van der Waals surface area contributed by atoms with Gasteiger partial charge in [-0.05, 0) is 37.5 Å². The lowest BCUT2D eigenvalue weighted by Gasteiger charge is -2.38. The van der Waals surface area contributed by atoms with Crippen molar-refractivity contribution in [1.82, 2.24) is 10.3 Å². The number of carbonyl (C=O) groups is 1. The first kappa shape index (κ1) is 13.8. The highest BCUT2D eigenvalue weighted by Gasteiger charge is 2.43. The minimum Gasteiger partial charge on any atom is -0.480 e. The molecule has 3 rings (SSSR count). The molecule has 0 atom stereocenters. The highest BCUT2D eigenvalue weighted by atomic mass is 19.1. The van der Waals surface area contributed by atoms with E-state index in [1.165, 1.54) is 18.4 Å². The lowest BCUT2D eigenvalue weighted by atomic mass is 9.77. The molecule has 21 heavy (non-hydrogen) atoms. The van der Waals surface area contributed by atoms with Gasteiger partial charge >= 0.3 is 5.97 Å². The number of hydrogen-bond acceptors (Lipinski definition) is 4. The van der Waals surface area contributed by atoms with E-state index in [4.69, 9.17) is 4.42 Å². The summed E-state index contributed by atoms with van der Waals surface area (Å²) in [5, 5.41) is 12.3. The molecule has 0 bridgehead atoms. The molecule has 110 valence electrons. The van der Waals surface area contributed by atoms with Crippen molar-refractivity contribution in [3.63, 3.8) is 0 Å². The maximum atomic E-state index is 13.2. The Morgan fingerprint density at radius 2 is 2.29 bits per heavy atom. The molecule has 0 radical (unpaired) electrons. The molecular weight excluding hydrogens is 275 g/mol. The van der Waals surface area contributed by atoms with Crippen LogP contribution in [0.15, 0.2) is 34.9 Å². The number of carboxylic acids is 1. The second-order valence-electron chi connectivity index (χ2n) is 5.25. The number of halogens is 1. The summed E-state index contributed by atoms with van der Waals surface area (Å²) < 4.78 is 18.5. The van der Waals surface area contributed by atoms with Crippen LogP contribution in [0, 0.1) is 5.82 Å². The van der Waals surface area contributed by atoms with Crippen LogP contribution in [0.2, 0.25) is 0 Å². The number of carboxylic acid groups (broad SMARTS) is 1. The molecule has 0 spiro atoms. The lowest BCUT2D eigenvalue weighted by Crippen LogP contribution is -2.56. The van der Waals surface area contributed by atoms with Crippen molar-refractivity contribution in [2.24, 2.45) is 0 Å². The predicted octanol–water partition coefficient (Wildman–Crippen LogP) is 2.58. The molecule has 1 aliphatic rings. The molecule has 0 aliphatic heterocycles. The minimum absolute atomic E-state index is 0.311. The van der Waals surface area contributed by atoms with E-state index in [9.17, 15) is 14.3 Å². The van der Waals surface area contributed by atoms with Crippen LogP contribution in [0.25, 0.3) is 11.5 Å². The molecule has 1 aromatic heterocycles. The van der Waals surface area contributed by atoms with E-state index in [1.54, 1.807) is 12.1 Å². The van der Waals surface area contributed by atoms with Gasteiger partial charge in [-0.2, -0.15) is 0 Å². The largest absolute Gasteiger partial charge is 0.480 e. The Labute approximate surface area is 120 Å². The van der Waals surface area contributed by atoms with Crippen molar-refractivity contribution in [3.05, 3.63) is 42.0 Å². The summed E-state index contributed by atoms with van der Waals surface area (Å²) in [4.78, 5) is 15.5. The lowest BCUT2D eigenvalue weighted by molar-refractivity contribution is -0.148. The van der Waals surface area contributed by atoms with Gasteiger partial charge in [-0.3, -0.25) is 10.1 Å². The topological polar surface area (TPSA) is 75.4 Å². The number of aliphatic carboxylic acids is 1. The summed E-state index contributed by atoms with van der Waals surface area (Å²) in [5.74, 6) is -0.864. The van der Waals surface area contributed by atoms with Gasteiger partial charge in [-0.25, -0.2) is 9.37 Å². The Hall–Kier alpha value is -2.21. The minimum atomic E-state index is -0.835. The molecule has 2 aromatic rings. The Bertz CT molecular complexity index is 664. The van der Waals surface area contributed by atoms with Crippen LogP contribution < -0.4 is 5.32 Å².